The third-order valence-electron chi connectivity index (χ3n) is 7.34. The van der Waals surface area contributed by atoms with E-state index < -0.39 is 25.0 Å². The highest BCUT2D eigenvalue weighted by Crippen LogP contribution is 2.43. The topological polar surface area (TPSA) is 149 Å². The second-order valence-corrected chi connectivity index (χ2v) is 12.8. The zero-order valence-corrected chi connectivity index (χ0v) is 26.1. The molecule has 0 fully saturated rings. The zero-order chi connectivity index (χ0) is 31.4. The Morgan fingerprint density at radius 3 is 2.26 bits per heavy atom. The van der Waals surface area contributed by atoms with Crippen molar-refractivity contribution >= 4 is 42.9 Å². The van der Waals surface area contributed by atoms with Gasteiger partial charge in [0.15, 0.2) is 0 Å². The number of fused-ring (bicyclic) bond motifs is 2. The number of nitrogens with zero attached hydrogens (tertiary/aromatic N) is 3. The lowest BCUT2D eigenvalue weighted by Crippen LogP contribution is -2.29. The molecule has 1 heterocycles. The predicted molar refractivity (Wildman–Crippen MR) is 166 cm³/mol. The van der Waals surface area contributed by atoms with Gasteiger partial charge in [0.25, 0.3) is 10.1 Å². The Bertz CT molecular complexity index is 1950. The van der Waals surface area contributed by atoms with Crippen LogP contribution in [0.3, 0.4) is 0 Å². The first kappa shape index (κ1) is 32.1. The second kappa shape index (κ2) is 13.2. The SMILES string of the molecule is CCN(CC)c1ccc2c(-c3ccc(S(=O)(=O)NCCN=C=O)cc3S(=O)(=O)O)c3ccc(=[N+](CC)CC)cc-3oc2c1. The van der Waals surface area contributed by atoms with Gasteiger partial charge in [-0.05, 0) is 58.0 Å². The average molecular weight is 628 g/mol. The summed E-state index contributed by atoms with van der Waals surface area (Å²) in [5.41, 5.74) is 2.60. The molecule has 1 aliphatic carbocycles. The van der Waals surface area contributed by atoms with Crippen molar-refractivity contribution in [2.75, 3.05) is 44.2 Å². The summed E-state index contributed by atoms with van der Waals surface area (Å²) in [6.07, 6.45) is 1.32. The zero-order valence-electron chi connectivity index (χ0n) is 24.5. The number of nitrogens with one attached hydrogen (secondary N) is 1. The van der Waals surface area contributed by atoms with Crippen LogP contribution in [0.1, 0.15) is 27.7 Å². The van der Waals surface area contributed by atoms with Crippen LogP contribution in [0.5, 0.6) is 0 Å². The fourth-order valence-corrected chi connectivity index (χ4v) is 7.03. The minimum Gasteiger partial charge on any atom is -0.456 e. The third kappa shape index (κ3) is 6.71. The molecule has 0 saturated heterocycles. The molecule has 228 valence electrons. The summed E-state index contributed by atoms with van der Waals surface area (Å²) in [5.74, 6) is 0.499. The van der Waals surface area contributed by atoms with Crippen molar-refractivity contribution in [2.24, 2.45) is 4.99 Å². The summed E-state index contributed by atoms with van der Waals surface area (Å²) in [5, 5.41) is 1.51. The van der Waals surface area contributed by atoms with Gasteiger partial charge in [-0.1, -0.05) is 6.07 Å². The first-order chi connectivity index (χ1) is 20.5. The highest BCUT2D eigenvalue weighted by atomic mass is 32.2. The number of anilines is 1. The summed E-state index contributed by atoms with van der Waals surface area (Å²) in [6.45, 7) is 10.9. The Balaban J connectivity index is 2.07. The van der Waals surface area contributed by atoms with Crippen LogP contribution in [0.25, 0.3) is 33.4 Å². The molecule has 43 heavy (non-hydrogen) atoms. The maximum atomic E-state index is 12.9. The van der Waals surface area contributed by atoms with Gasteiger partial charge in [0.1, 0.15) is 29.3 Å². The van der Waals surface area contributed by atoms with Gasteiger partial charge in [-0.15, -0.1) is 0 Å². The fraction of sp³-hybridized carbons (Fsp3) is 0.333. The Morgan fingerprint density at radius 1 is 0.930 bits per heavy atom. The van der Waals surface area contributed by atoms with Gasteiger partial charge < -0.3 is 9.32 Å². The van der Waals surface area contributed by atoms with Crippen molar-refractivity contribution < 1.29 is 30.6 Å². The van der Waals surface area contributed by atoms with Crippen LogP contribution in [-0.4, -0.2) is 66.7 Å². The summed E-state index contributed by atoms with van der Waals surface area (Å²) in [6, 6.07) is 14.9. The highest BCUT2D eigenvalue weighted by Gasteiger charge is 2.27. The van der Waals surface area contributed by atoms with Gasteiger partial charge in [0.2, 0.25) is 21.5 Å². The van der Waals surface area contributed by atoms with E-state index in [-0.39, 0.29) is 23.5 Å². The molecular weight excluding hydrogens is 592 g/mol. The molecule has 0 bridgehead atoms. The van der Waals surface area contributed by atoms with Gasteiger partial charge in [-0.2, -0.15) is 8.42 Å². The van der Waals surface area contributed by atoms with Crippen LogP contribution >= 0.6 is 0 Å². The monoisotopic (exact) mass is 627 g/mol. The number of carbonyl (C=O) groups excluding carboxylic acids is 1. The number of rotatable bonds is 12. The molecule has 0 radical (unpaired) electrons. The third-order valence-corrected chi connectivity index (χ3v) is 9.69. The minimum absolute atomic E-state index is 0.115. The van der Waals surface area contributed by atoms with E-state index in [0.717, 1.165) is 43.3 Å². The van der Waals surface area contributed by atoms with E-state index >= 15 is 0 Å². The van der Waals surface area contributed by atoms with Gasteiger partial charge in [-0.3, -0.25) is 4.55 Å². The van der Waals surface area contributed by atoms with Crippen molar-refractivity contribution in [2.45, 2.75) is 37.5 Å². The molecule has 1 aliphatic heterocycles. The number of sulfonamides is 1. The molecule has 0 saturated carbocycles. The van der Waals surface area contributed by atoms with E-state index in [1.54, 1.807) is 0 Å². The van der Waals surface area contributed by atoms with Gasteiger partial charge in [-0.25, -0.2) is 27.5 Å². The largest absolute Gasteiger partial charge is 0.456 e. The molecule has 2 aromatic carbocycles. The number of hydrogen-bond donors (Lipinski definition) is 2. The van der Waals surface area contributed by atoms with E-state index in [4.69, 9.17) is 4.42 Å². The lowest BCUT2D eigenvalue weighted by atomic mass is 9.93. The van der Waals surface area contributed by atoms with Crippen LogP contribution in [0.15, 0.2) is 73.8 Å². The molecule has 11 nitrogen and oxygen atoms in total. The standard InChI is InChI=1S/C30H34N4O7S2/c1-5-33(6-2)21-9-12-24-27(17-21)41-28-18-22(34(7-3)8-4)10-13-25(28)30(24)26-14-11-23(19-29(26)43(38,39)40)42(36,37)32-16-15-31-20-35/h9-14,17-19,32H,5-8,15-16H2,1-4H3/p+1. The summed E-state index contributed by atoms with van der Waals surface area (Å²) >= 11 is 0. The van der Waals surface area contributed by atoms with Crippen LogP contribution in [-0.2, 0) is 24.9 Å². The van der Waals surface area contributed by atoms with Crippen LogP contribution in [0, 0.1) is 0 Å². The summed E-state index contributed by atoms with van der Waals surface area (Å²) < 4.78 is 72.5. The lowest BCUT2D eigenvalue weighted by Gasteiger charge is -2.22. The Labute approximate surface area is 251 Å². The normalized spacial score (nSPS) is 11.9. The van der Waals surface area contributed by atoms with Crippen LogP contribution in [0.4, 0.5) is 5.69 Å². The molecule has 2 N–H and O–H groups in total. The van der Waals surface area contributed by atoms with E-state index in [1.165, 1.54) is 18.2 Å². The molecule has 0 amide bonds. The number of isocyanates is 1. The minimum atomic E-state index is -4.90. The number of benzene rings is 3. The smallest absolute Gasteiger partial charge is 0.295 e. The molecular formula is C30H35N4O7S2+. The van der Waals surface area contributed by atoms with E-state index in [1.807, 2.05) is 64.1 Å². The van der Waals surface area contributed by atoms with Crippen molar-refractivity contribution in [3.8, 4) is 22.5 Å². The quantitative estimate of drug-likeness (QED) is 0.0603. The first-order valence-electron chi connectivity index (χ1n) is 14.0. The Kier molecular flexibility index (Phi) is 9.83. The van der Waals surface area contributed by atoms with Gasteiger partial charge in [0.05, 0.1) is 17.5 Å². The van der Waals surface area contributed by atoms with Crippen molar-refractivity contribution in [1.82, 2.24) is 9.30 Å². The maximum absolute atomic E-state index is 12.9. The van der Waals surface area contributed by atoms with Crippen molar-refractivity contribution in [3.05, 3.63) is 60.0 Å². The molecule has 13 heteroatoms. The van der Waals surface area contributed by atoms with Crippen molar-refractivity contribution in [3.63, 3.8) is 0 Å². The van der Waals surface area contributed by atoms with Gasteiger partial charge in [0, 0.05) is 59.5 Å². The molecule has 2 aliphatic rings. The van der Waals surface area contributed by atoms with Gasteiger partial charge >= 0.3 is 0 Å². The van der Waals surface area contributed by atoms with E-state index in [2.05, 4.69) is 19.2 Å². The molecule has 4 rings (SSSR count). The van der Waals surface area contributed by atoms with Crippen LogP contribution in [0.2, 0.25) is 0 Å². The summed E-state index contributed by atoms with van der Waals surface area (Å²) in [7, 11) is -9.09. The van der Waals surface area contributed by atoms with E-state index in [9.17, 15) is 26.2 Å². The molecule has 0 spiro atoms. The first-order valence-corrected chi connectivity index (χ1v) is 16.9. The molecule has 2 aromatic rings. The van der Waals surface area contributed by atoms with Crippen LogP contribution < -0.4 is 19.6 Å². The Morgan fingerprint density at radius 2 is 1.63 bits per heavy atom. The Hall–Kier alpha value is -3.87. The maximum Gasteiger partial charge on any atom is 0.295 e. The fourth-order valence-electron chi connectivity index (χ4n) is 5.18. The molecule has 0 atom stereocenters. The second-order valence-electron chi connectivity index (χ2n) is 9.69. The van der Waals surface area contributed by atoms with E-state index in [0.29, 0.717) is 27.9 Å². The average Bonchev–Trinajstić information content (AvgIpc) is 2.98. The summed E-state index contributed by atoms with van der Waals surface area (Å²) in [4.78, 5) is 14.8. The lowest BCUT2D eigenvalue weighted by molar-refractivity contribution is 0.483. The van der Waals surface area contributed by atoms with Crippen molar-refractivity contribution in [1.29, 1.82) is 0 Å². The number of hydrogen-bond acceptors (Lipinski definition) is 8. The molecule has 0 aromatic heterocycles. The number of aliphatic imine (C=N–C) groups is 1. The highest BCUT2D eigenvalue weighted by molar-refractivity contribution is 7.89. The molecule has 0 unspecified atom stereocenters. The predicted octanol–water partition coefficient (Wildman–Crippen LogP) is 3.72.